The summed E-state index contributed by atoms with van der Waals surface area (Å²) < 4.78 is 0. The molecule has 0 aromatic heterocycles. The van der Waals surface area contributed by atoms with Gasteiger partial charge in [0.15, 0.2) is 0 Å². The molecule has 0 aromatic rings. The molecule has 0 heterocycles. The van der Waals surface area contributed by atoms with E-state index in [-0.39, 0.29) is 5.54 Å². The van der Waals surface area contributed by atoms with Crippen molar-refractivity contribution in [2.45, 2.75) is 76.3 Å². The maximum Gasteiger partial charge on any atom is 0.0331 e. The molecule has 2 rings (SSSR count). The number of rotatable bonds is 6. The first-order valence-corrected chi connectivity index (χ1v) is 9.89. The van der Waals surface area contributed by atoms with Crippen LogP contribution in [0.4, 0.5) is 0 Å². The first-order valence-electron chi connectivity index (χ1n) is 8.49. The predicted molar refractivity (Wildman–Crippen MR) is 91.4 cm³/mol. The molecule has 0 saturated heterocycles. The van der Waals surface area contributed by atoms with Gasteiger partial charge in [0.25, 0.3) is 0 Å². The molecule has 2 N–H and O–H groups in total. The monoisotopic (exact) mass is 298 g/mol. The first-order chi connectivity index (χ1) is 9.57. The van der Waals surface area contributed by atoms with E-state index in [2.05, 4.69) is 25.1 Å². The standard InChI is InChI=1S/C17H34N2S/c1-15(6-13-20-3)19(2)17(14-18)11-9-16(10-12-17)7-4-5-8-16/h15H,4-14,18H2,1-3H3. The molecule has 2 aliphatic carbocycles. The number of hydrogen-bond acceptors (Lipinski definition) is 3. The Hall–Kier alpha value is 0.270. The van der Waals surface area contributed by atoms with Gasteiger partial charge < -0.3 is 5.73 Å². The number of hydrogen-bond donors (Lipinski definition) is 1. The van der Waals surface area contributed by atoms with Gasteiger partial charge in [-0.2, -0.15) is 11.8 Å². The van der Waals surface area contributed by atoms with E-state index in [1.807, 2.05) is 11.8 Å². The van der Waals surface area contributed by atoms with E-state index < -0.39 is 0 Å². The predicted octanol–water partition coefficient (Wildman–Crippen LogP) is 3.89. The van der Waals surface area contributed by atoms with Crippen molar-refractivity contribution in [3.63, 3.8) is 0 Å². The topological polar surface area (TPSA) is 29.3 Å². The van der Waals surface area contributed by atoms with Crippen LogP contribution in [0.3, 0.4) is 0 Å². The minimum Gasteiger partial charge on any atom is -0.329 e. The Labute approximate surface area is 130 Å². The van der Waals surface area contributed by atoms with E-state index >= 15 is 0 Å². The van der Waals surface area contributed by atoms with Gasteiger partial charge in [0.1, 0.15) is 0 Å². The summed E-state index contributed by atoms with van der Waals surface area (Å²) in [6, 6.07) is 0.656. The van der Waals surface area contributed by atoms with Crippen molar-refractivity contribution in [2.75, 3.05) is 25.6 Å². The SMILES string of the molecule is CSCCC(C)N(C)C1(CN)CCC2(CCCC2)CC1. The van der Waals surface area contributed by atoms with E-state index in [9.17, 15) is 0 Å². The zero-order chi connectivity index (χ0) is 14.6. The second-order valence-corrected chi connectivity index (χ2v) is 8.36. The summed E-state index contributed by atoms with van der Waals surface area (Å²) in [5.41, 5.74) is 7.24. The molecular formula is C17H34N2S. The Kier molecular flexibility index (Phi) is 5.84. The van der Waals surface area contributed by atoms with Gasteiger partial charge in [-0.25, -0.2) is 0 Å². The highest BCUT2D eigenvalue weighted by Gasteiger charge is 2.45. The van der Waals surface area contributed by atoms with Gasteiger partial charge in [0.2, 0.25) is 0 Å². The Balaban J connectivity index is 1.96. The Bertz CT molecular complexity index is 289. The molecule has 1 unspecified atom stereocenters. The van der Waals surface area contributed by atoms with Crippen LogP contribution in [0.25, 0.3) is 0 Å². The summed E-state index contributed by atoms with van der Waals surface area (Å²) in [6.45, 7) is 3.22. The van der Waals surface area contributed by atoms with Gasteiger partial charge in [-0.05, 0) is 76.3 Å². The lowest BCUT2D eigenvalue weighted by molar-refractivity contribution is 0.00815. The number of likely N-dealkylation sites (N-methyl/N-ethyl adjacent to an activating group) is 1. The largest absolute Gasteiger partial charge is 0.329 e. The average molecular weight is 299 g/mol. The fraction of sp³-hybridized carbons (Fsp3) is 1.00. The molecule has 2 aliphatic rings. The number of nitrogens with two attached hydrogens (primary N) is 1. The van der Waals surface area contributed by atoms with Crippen LogP contribution in [0.1, 0.15) is 64.7 Å². The van der Waals surface area contributed by atoms with Gasteiger partial charge in [0.05, 0.1) is 0 Å². The first kappa shape index (κ1) is 16.6. The molecule has 0 radical (unpaired) electrons. The average Bonchev–Trinajstić information content (AvgIpc) is 2.94. The summed E-state index contributed by atoms with van der Waals surface area (Å²) in [6.07, 6.45) is 14.9. The highest BCUT2D eigenvalue weighted by Crippen LogP contribution is 2.52. The van der Waals surface area contributed by atoms with Crippen LogP contribution >= 0.6 is 11.8 Å². The Morgan fingerprint density at radius 2 is 1.70 bits per heavy atom. The molecule has 2 nitrogen and oxygen atoms in total. The Morgan fingerprint density at radius 3 is 2.20 bits per heavy atom. The van der Waals surface area contributed by atoms with Crippen molar-refractivity contribution in [2.24, 2.45) is 11.1 Å². The molecule has 0 bridgehead atoms. The lowest BCUT2D eigenvalue weighted by atomic mass is 9.65. The lowest BCUT2D eigenvalue weighted by Gasteiger charge is -2.51. The summed E-state index contributed by atoms with van der Waals surface area (Å²) >= 11 is 1.96. The third-order valence-corrected chi connectivity index (χ3v) is 7.08. The molecule has 20 heavy (non-hydrogen) atoms. The van der Waals surface area contributed by atoms with Crippen molar-refractivity contribution < 1.29 is 0 Å². The van der Waals surface area contributed by atoms with E-state index in [1.165, 1.54) is 63.5 Å². The van der Waals surface area contributed by atoms with Gasteiger partial charge in [-0.15, -0.1) is 0 Å². The van der Waals surface area contributed by atoms with Crippen molar-refractivity contribution in [1.82, 2.24) is 4.90 Å². The summed E-state index contributed by atoms with van der Waals surface area (Å²) in [7, 11) is 2.32. The van der Waals surface area contributed by atoms with Crippen LogP contribution < -0.4 is 5.73 Å². The summed E-state index contributed by atoms with van der Waals surface area (Å²) in [5, 5.41) is 0. The van der Waals surface area contributed by atoms with Gasteiger partial charge in [-0.3, -0.25) is 4.90 Å². The molecular weight excluding hydrogens is 264 g/mol. The quantitative estimate of drug-likeness (QED) is 0.806. The smallest absolute Gasteiger partial charge is 0.0331 e. The molecule has 1 spiro atoms. The summed E-state index contributed by atoms with van der Waals surface area (Å²) in [4.78, 5) is 2.63. The molecule has 0 amide bonds. The fourth-order valence-electron chi connectivity index (χ4n) is 4.52. The van der Waals surface area contributed by atoms with Crippen LogP contribution in [-0.2, 0) is 0 Å². The van der Waals surface area contributed by atoms with Crippen molar-refractivity contribution in [3.05, 3.63) is 0 Å². The van der Waals surface area contributed by atoms with E-state index in [0.717, 1.165) is 6.54 Å². The minimum absolute atomic E-state index is 0.283. The molecule has 2 saturated carbocycles. The van der Waals surface area contributed by atoms with Crippen LogP contribution in [0.15, 0.2) is 0 Å². The third kappa shape index (κ3) is 3.36. The molecule has 1 atom stereocenters. The van der Waals surface area contributed by atoms with Gasteiger partial charge in [0, 0.05) is 18.1 Å². The van der Waals surface area contributed by atoms with Crippen LogP contribution in [0.5, 0.6) is 0 Å². The van der Waals surface area contributed by atoms with Gasteiger partial charge >= 0.3 is 0 Å². The van der Waals surface area contributed by atoms with E-state index in [1.54, 1.807) is 0 Å². The van der Waals surface area contributed by atoms with Crippen molar-refractivity contribution in [3.8, 4) is 0 Å². The van der Waals surface area contributed by atoms with Gasteiger partial charge in [-0.1, -0.05) is 12.8 Å². The zero-order valence-electron chi connectivity index (χ0n) is 13.8. The fourth-order valence-corrected chi connectivity index (χ4v) is 5.10. The molecule has 118 valence electrons. The molecule has 0 aliphatic heterocycles. The van der Waals surface area contributed by atoms with Crippen LogP contribution in [0, 0.1) is 5.41 Å². The normalized spacial score (nSPS) is 26.2. The van der Waals surface area contributed by atoms with E-state index in [0.29, 0.717) is 11.5 Å². The molecule has 2 fully saturated rings. The van der Waals surface area contributed by atoms with Crippen molar-refractivity contribution in [1.29, 1.82) is 0 Å². The second-order valence-electron chi connectivity index (χ2n) is 7.38. The highest BCUT2D eigenvalue weighted by atomic mass is 32.2. The molecule has 0 aromatic carbocycles. The lowest BCUT2D eigenvalue weighted by Crippen LogP contribution is -2.58. The third-order valence-electron chi connectivity index (χ3n) is 6.43. The second kappa shape index (κ2) is 7.02. The maximum absolute atomic E-state index is 6.25. The van der Waals surface area contributed by atoms with Crippen LogP contribution in [-0.4, -0.2) is 42.1 Å². The van der Waals surface area contributed by atoms with E-state index in [4.69, 9.17) is 5.73 Å². The number of nitrogens with zero attached hydrogens (tertiary/aromatic N) is 1. The van der Waals surface area contributed by atoms with Crippen molar-refractivity contribution >= 4 is 11.8 Å². The maximum atomic E-state index is 6.25. The zero-order valence-corrected chi connectivity index (χ0v) is 14.6. The molecule has 3 heteroatoms. The highest BCUT2D eigenvalue weighted by molar-refractivity contribution is 7.98. The summed E-state index contributed by atoms with van der Waals surface area (Å²) in [5.74, 6) is 1.26. The minimum atomic E-state index is 0.283. The number of thioether (sulfide) groups is 1. The Morgan fingerprint density at radius 1 is 1.10 bits per heavy atom. The van der Waals surface area contributed by atoms with Crippen LogP contribution in [0.2, 0.25) is 0 Å².